The van der Waals surface area contributed by atoms with Gasteiger partial charge in [0.05, 0.1) is 11.5 Å². The van der Waals surface area contributed by atoms with Crippen LogP contribution in [0.25, 0.3) is 0 Å². The van der Waals surface area contributed by atoms with E-state index in [1.165, 1.54) is 0 Å². The van der Waals surface area contributed by atoms with Gasteiger partial charge in [0.1, 0.15) is 6.07 Å². The predicted molar refractivity (Wildman–Crippen MR) is 92.2 cm³/mol. The van der Waals surface area contributed by atoms with Gasteiger partial charge in [-0.2, -0.15) is 18.4 Å². The Balaban J connectivity index is 1.68. The highest BCUT2D eigenvalue weighted by atomic mass is 19.4. The average molecular weight is 382 g/mol. The van der Waals surface area contributed by atoms with Crippen molar-refractivity contribution in [3.8, 4) is 6.07 Å². The van der Waals surface area contributed by atoms with Gasteiger partial charge in [-0.1, -0.05) is 19.9 Å². The number of ketones is 1. The summed E-state index contributed by atoms with van der Waals surface area (Å²) in [6, 6.07) is 1.99. The standard InChI is InChI=1S/C20H25F3N2O2/c1-18(2)11-19(9-14(10-24)16(18)26)7-8-25(12-19)17(27)13-3-5-15(6-4-13)20(21,22)23/h9,13,15H,3-8,11-12H2,1-2H3/t13?,15?,19-/m1/s1. The Morgan fingerprint density at radius 2 is 1.89 bits per heavy atom. The molecule has 3 aliphatic rings. The van der Waals surface area contributed by atoms with Crippen LogP contribution < -0.4 is 0 Å². The average Bonchev–Trinajstić information content (AvgIpc) is 2.99. The molecule has 0 aromatic heterocycles. The second-order valence-corrected chi connectivity index (χ2v) is 9.02. The van der Waals surface area contributed by atoms with Gasteiger partial charge in [-0.05, 0) is 38.5 Å². The maximum Gasteiger partial charge on any atom is 0.391 e. The minimum Gasteiger partial charge on any atom is -0.342 e. The summed E-state index contributed by atoms with van der Waals surface area (Å²) >= 11 is 0. The predicted octanol–water partition coefficient (Wildman–Crippen LogP) is 4.02. The van der Waals surface area contributed by atoms with Crippen molar-refractivity contribution in [2.24, 2.45) is 22.7 Å². The minimum atomic E-state index is -4.18. The number of hydrogen-bond acceptors (Lipinski definition) is 3. The van der Waals surface area contributed by atoms with Gasteiger partial charge in [0.15, 0.2) is 5.78 Å². The lowest BCUT2D eigenvalue weighted by molar-refractivity contribution is -0.185. The molecule has 27 heavy (non-hydrogen) atoms. The summed E-state index contributed by atoms with van der Waals surface area (Å²) < 4.78 is 38.5. The normalized spacial score (nSPS) is 33.7. The summed E-state index contributed by atoms with van der Waals surface area (Å²) in [5.74, 6) is -1.88. The molecule has 2 aliphatic carbocycles. The first-order valence-electron chi connectivity index (χ1n) is 9.51. The molecule has 1 heterocycles. The van der Waals surface area contributed by atoms with Crippen LogP contribution in [0, 0.1) is 34.0 Å². The number of likely N-dealkylation sites (tertiary alicyclic amines) is 1. The Morgan fingerprint density at radius 3 is 2.44 bits per heavy atom. The van der Waals surface area contributed by atoms with Gasteiger partial charge >= 0.3 is 6.18 Å². The maximum absolute atomic E-state index is 12.9. The Bertz CT molecular complexity index is 712. The van der Waals surface area contributed by atoms with Crippen molar-refractivity contribution >= 4 is 11.7 Å². The molecule has 0 N–H and O–H groups in total. The smallest absolute Gasteiger partial charge is 0.342 e. The molecule has 0 unspecified atom stereocenters. The molecule has 0 aromatic rings. The van der Waals surface area contributed by atoms with Crippen LogP contribution in [0.2, 0.25) is 0 Å². The van der Waals surface area contributed by atoms with Crippen LogP contribution in [0.5, 0.6) is 0 Å². The van der Waals surface area contributed by atoms with Crippen LogP contribution >= 0.6 is 0 Å². The number of alkyl halides is 3. The fourth-order valence-electron chi connectivity index (χ4n) is 5.10. The van der Waals surface area contributed by atoms with Crippen LogP contribution in [0.4, 0.5) is 13.2 Å². The Kier molecular flexibility index (Phi) is 4.90. The zero-order valence-electron chi connectivity index (χ0n) is 15.7. The van der Waals surface area contributed by atoms with Gasteiger partial charge in [-0.25, -0.2) is 0 Å². The van der Waals surface area contributed by atoms with Gasteiger partial charge in [0.25, 0.3) is 0 Å². The fourth-order valence-corrected chi connectivity index (χ4v) is 5.10. The molecule has 4 nitrogen and oxygen atoms in total. The monoisotopic (exact) mass is 382 g/mol. The fraction of sp³-hybridized carbons (Fsp3) is 0.750. The quantitative estimate of drug-likeness (QED) is 0.688. The number of carbonyl (C=O) groups is 2. The third kappa shape index (κ3) is 3.76. The highest BCUT2D eigenvalue weighted by Crippen LogP contribution is 2.48. The van der Waals surface area contributed by atoms with Crippen molar-refractivity contribution in [3.63, 3.8) is 0 Å². The van der Waals surface area contributed by atoms with Crippen molar-refractivity contribution in [2.45, 2.75) is 58.5 Å². The molecule has 0 radical (unpaired) electrons. The van der Waals surface area contributed by atoms with Gasteiger partial charge in [-0.3, -0.25) is 9.59 Å². The van der Waals surface area contributed by atoms with E-state index in [1.807, 2.05) is 19.9 Å². The van der Waals surface area contributed by atoms with Gasteiger partial charge in [-0.15, -0.1) is 0 Å². The zero-order chi connectivity index (χ0) is 20.0. The summed E-state index contributed by atoms with van der Waals surface area (Å²) in [6.07, 6.45) is -0.616. The van der Waals surface area contributed by atoms with Crippen molar-refractivity contribution in [1.29, 1.82) is 5.26 Å². The Labute approximate surface area is 157 Å². The summed E-state index contributed by atoms with van der Waals surface area (Å²) in [5, 5.41) is 9.30. The summed E-state index contributed by atoms with van der Waals surface area (Å²) in [6.45, 7) is 4.61. The van der Waals surface area contributed by atoms with E-state index in [2.05, 4.69) is 0 Å². The molecular weight excluding hydrogens is 357 g/mol. The molecule has 1 atom stereocenters. The van der Waals surface area contributed by atoms with Gasteiger partial charge in [0, 0.05) is 29.8 Å². The van der Waals surface area contributed by atoms with E-state index in [0.717, 1.165) is 0 Å². The molecule has 3 rings (SSSR count). The van der Waals surface area contributed by atoms with Crippen molar-refractivity contribution in [3.05, 3.63) is 11.6 Å². The third-order valence-corrected chi connectivity index (χ3v) is 6.46. The van der Waals surface area contributed by atoms with Crippen LogP contribution in [0.1, 0.15) is 52.4 Å². The highest BCUT2D eigenvalue weighted by Gasteiger charge is 2.50. The first-order chi connectivity index (χ1) is 12.5. The highest BCUT2D eigenvalue weighted by molar-refractivity contribution is 6.03. The molecule has 2 fully saturated rings. The number of hydrogen-bond donors (Lipinski definition) is 0. The van der Waals surface area contributed by atoms with E-state index in [9.17, 15) is 28.0 Å². The lowest BCUT2D eigenvalue weighted by Gasteiger charge is -2.39. The number of halogens is 3. The van der Waals surface area contributed by atoms with Crippen LogP contribution in [-0.2, 0) is 9.59 Å². The molecule has 7 heteroatoms. The van der Waals surface area contributed by atoms with E-state index >= 15 is 0 Å². The van der Waals surface area contributed by atoms with Crippen molar-refractivity contribution in [2.75, 3.05) is 13.1 Å². The molecular formula is C20H25F3N2O2. The molecule has 1 saturated heterocycles. The molecule has 1 saturated carbocycles. The van der Waals surface area contributed by atoms with E-state index in [4.69, 9.17) is 0 Å². The largest absolute Gasteiger partial charge is 0.391 e. The van der Waals surface area contributed by atoms with Crippen LogP contribution in [-0.4, -0.2) is 35.9 Å². The van der Waals surface area contributed by atoms with E-state index < -0.39 is 17.5 Å². The molecule has 1 amide bonds. The number of carbonyl (C=O) groups excluding carboxylic acids is 2. The first-order valence-corrected chi connectivity index (χ1v) is 9.51. The lowest BCUT2D eigenvalue weighted by atomic mass is 9.64. The Hall–Kier alpha value is -1.84. The number of nitrogens with zero attached hydrogens (tertiary/aromatic N) is 2. The maximum atomic E-state index is 12.9. The Morgan fingerprint density at radius 1 is 1.26 bits per heavy atom. The summed E-state index contributed by atoms with van der Waals surface area (Å²) in [7, 11) is 0. The number of nitriles is 1. The van der Waals surface area contributed by atoms with Crippen molar-refractivity contribution < 1.29 is 22.8 Å². The SMILES string of the molecule is CC1(C)C[C@]2(C=C(C#N)C1=O)CCN(C(=O)C1CCC(C(F)(F)F)CC1)C2. The second kappa shape index (κ2) is 6.65. The van der Waals surface area contributed by atoms with Crippen molar-refractivity contribution in [1.82, 2.24) is 4.90 Å². The van der Waals surface area contributed by atoms with Crippen LogP contribution in [0.15, 0.2) is 11.6 Å². The van der Waals surface area contributed by atoms with Gasteiger partial charge < -0.3 is 4.90 Å². The number of allylic oxidation sites excluding steroid dienone is 1. The van der Waals surface area contributed by atoms with Crippen LogP contribution in [0.3, 0.4) is 0 Å². The molecule has 148 valence electrons. The van der Waals surface area contributed by atoms with E-state index in [0.29, 0.717) is 25.9 Å². The minimum absolute atomic E-state index is 0.0128. The summed E-state index contributed by atoms with van der Waals surface area (Å²) in [4.78, 5) is 26.9. The zero-order valence-corrected chi connectivity index (χ0v) is 15.7. The van der Waals surface area contributed by atoms with Gasteiger partial charge in [0.2, 0.25) is 5.91 Å². The summed E-state index contributed by atoms with van der Waals surface area (Å²) in [5.41, 5.74) is -0.878. The van der Waals surface area contributed by atoms with E-state index in [1.54, 1.807) is 11.0 Å². The molecule has 0 aromatic carbocycles. The molecule has 1 aliphatic heterocycles. The molecule has 0 bridgehead atoms. The van der Waals surface area contributed by atoms with E-state index in [-0.39, 0.29) is 54.3 Å². The second-order valence-electron chi connectivity index (χ2n) is 9.02. The first kappa shape index (κ1) is 19.9. The lowest BCUT2D eigenvalue weighted by Crippen LogP contribution is -2.42. The molecule has 1 spiro atoms. The number of rotatable bonds is 1. The number of Topliss-reactive ketones (excluding diaryl/α,β-unsaturated/α-hetero) is 1. The third-order valence-electron chi connectivity index (χ3n) is 6.46. The topological polar surface area (TPSA) is 61.2 Å². The number of amides is 1.